The maximum atomic E-state index is 13.6. The molecule has 19 heteroatoms. The lowest BCUT2D eigenvalue weighted by atomic mass is 10.1. The number of hydrogen-bond donors (Lipinski definition) is 4. The Morgan fingerprint density at radius 3 is 2.28 bits per heavy atom. The monoisotopic (exact) mass is 827 g/mol. The van der Waals surface area contributed by atoms with Gasteiger partial charge in [0.2, 0.25) is 17.8 Å². The Balaban J connectivity index is 1.17. The number of nitrogens with zero attached hydrogens (tertiary/aromatic N) is 11. The van der Waals surface area contributed by atoms with Crippen molar-refractivity contribution in [3.63, 3.8) is 0 Å². The van der Waals surface area contributed by atoms with E-state index in [0.717, 1.165) is 66.8 Å². The number of anilines is 1. The molecule has 7 aromatic rings. The highest BCUT2D eigenvalue weighted by atomic mass is 16.5. The van der Waals surface area contributed by atoms with Crippen LogP contribution in [-0.2, 0) is 26.2 Å². The van der Waals surface area contributed by atoms with E-state index in [9.17, 15) is 14.4 Å². The summed E-state index contributed by atoms with van der Waals surface area (Å²) in [7, 11) is 0. The van der Waals surface area contributed by atoms with Gasteiger partial charge in [0.05, 0.1) is 29.1 Å². The molecule has 0 bridgehead atoms. The van der Waals surface area contributed by atoms with Crippen LogP contribution in [0.1, 0.15) is 62.9 Å². The Morgan fingerprint density at radius 1 is 0.820 bits per heavy atom. The summed E-state index contributed by atoms with van der Waals surface area (Å²) in [6.45, 7) is 14.6. The van der Waals surface area contributed by atoms with Crippen molar-refractivity contribution in [3.05, 3.63) is 83.1 Å². The molecule has 7 heterocycles. The van der Waals surface area contributed by atoms with Gasteiger partial charge in [-0.15, -0.1) is 0 Å². The first-order valence-electron chi connectivity index (χ1n) is 20.4. The number of hydrogen-bond acceptors (Lipinski definition) is 12. The molecule has 1 saturated heterocycles. The molecule has 3 amide bonds. The van der Waals surface area contributed by atoms with E-state index in [1.165, 1.54) is 6.20 Å². The lowest BCUT2D eigenvalue weighted by Crippen LogP contribution is -2.43. The van der Waals surface area contributed by atoms with Gasteiger partial charge in [0.25, 0.3) is 5.91 Å². The van der Waals surface area contributed by atoms with Crippen LogP contribution in [0, 0.1) is 13.8 Å². The lowest BCUT2D eigenvalue weighted by Gasteiger charge is -2.27. The molecule has 1 aromatic carbocycles. The zero-order valence-electron chi connectivity index (χ0n) is 34.7. The van der Waals surface area contributed by atoms with E-state index in [1.54, 1.807) is 39.7 Å². The van der Waals surface area contributed by atoms with Crippen molar-refractivity contribution >= 4 is 56.8 Å². The van der Waals surface area contributed by atoms with Gasteiger partial charge in [-0.3, -0.25) is 33.6 Å². The Labute approximate surface area is 350 Å². The van der Waals surface area contributed by atoms with Crippen molar-refractivity contribution in [2.24, 2.45) is 11.5 Å². The number of pyridine rings is 1. The number of amides is 3. The molecule has 19 nitrogen and oxygen atoms in total. The highest BCUT2D eigenvalue weighted by Crippen LogP contribution is 2.36. The molecule has 0 radical (unpaired) electrons. The van der Waals surface area contributed by atoms with E-state index in [2.05, 4.69) is 35.7 Å². The van der Waals surface area contributed by atoms with Crippen LogP contribution < -0.4 is 26.8 Å². The fourth-order valence-electron chi connectivity index (χ4n) is 7.80. The first kappa shape index (κ1) is 40.8. The van der Waals surface area contributed by atoms with E-state index < -0.39 is 17.7 Å². The maximum absolute atomic E-state index is 13.6. The molecule has 1 aliphatic rings. The highest BCUT2D eigenvalue weighted by Gasteiger charge is 2.23. The third kappa shape index (κ3) is 8.29. The maximum Gasteiger partial charge on any atom is 0.276 e. The van der Waals surface area contributed by atoms with Crippen LogP contribution >= 0.6 is 0 Å². The summed E-state index contributed by atoms with van der Waals surface area (Å²) in [6, 6.07) is 8.68. The first-order valence-corrected chi connectivity index (χ1v) is 20.4. The van der Waals surface area contributed by atoms with E-state index in [4.69, 9.17) is 26.2 Å². The number of ether oxygens (including phenoxy) is 1. The summed E-state index contributed by atoms with van der Waals surface area (Å²) in [6.07, 6.45) is 7.86. The number of nitrogens with two attached hydrogens (primary N) is 2. The Hall–Kier alpha value is -6.99. The van der Waals surface area contributed by atoms with Crippen LogP contribution in [-0.4, -0.2) is 111 Å². The predicted octanol–water partition coefficient (Wildman–Crippen LogP) is 3.43. The van der Waals surface area contributed by atoms with Crippen molar-refractivity contribution in [3.8, 4) is 17.3 Å². The van der Waals surface area contributed by atoms with Crippen LogP contribution in [0.3, 0.4) is 0 Å². The van der Waals surface area contributed by atoms with Gasteiger partial charge in [0, 0.05) is 87.6 Å². The van der Waals surface area contributed by atoms with Crippen molar-refractivity contribution in [2.75, 3.05) is 44.6 Å². The van der Waals surface area contributed by atoms with Crippen LogP contribution in [0.2, 0.25) is 0 Å². The number of nitrogens with one attached hydrogen (secondary N) is 2. The van der Waals surface area contributed by atoms with Crippen LogP contribution in [0.25, 0.3) is 44.6 Å². The number of fused-ring (bicyclic) bond motifs is 4. The number of allylic oxidation sites excluding steroid dienone is 2. The predicted molar refractivity (Wildman–Crippen MR) is 230 cm³/mol. The molecule has 6 aromatic heterocycles. The Bertz CT molecular complexity index is 2820. The van der Waals surface area contributed by atoms with Gasteiger partial charge in [-0.2, -0.15) is 10.2 Å². The molecule has 1 fully saturated rings. The standard InChI is InChI=1S/C42H49N15O4/c1-5-56-32(18-25(3)51-56)38-46-24-30-29-20-27(36(43)58)22-34(61-17-9-12-53-15-10-45-11-16-53)35(29)54(39(30)49-38)13-7-8-14-55-40-31(21-28(23-47-40)37(44)59)48-42(55)50-41(60)33-19-26(4)52-57(33)6-2/h7-8,18-24,45H,5-6,9-17H2,1-4H3,(H2,43,58)(H2,44,59)(H,48,50,60). The number of carbonyl (C=O) groups excluding carboxylic acids is 3. The number of benzene rings is 1. The third-order valence-corrected chi connectivity index (χ3v) is 10.7. The molecule has 0 unspecified atom stereocenters. The normalized spacial score (nSPS) is 13.6. The number of piperazine rings is 1. The molecule has 8 rings (SSSR count). The minimum Gasteiger partial charge on any atom is -0.491 e. The second kappa shape index (κ2) is 17.3. The van der Waals surface area contributed by atoms with Gasteiger partial charge < -0.3 is 31.0 Å². The minimum atomic E-state index is -0.643. The van der Waals surface area contributed by atoms with E-state index in [0.29, 0.717) is 71.6 Å². The summed E-state index contributed by atoms with van der Waals surface area (Å²) < 4.78 is 13.8. The van der Waals surface area contributed by atoms with Crippen molar-refractivity contribution in [1.82, 2.24) is 58.8 Å². The Kier molecular flexibility index (Phi) is 11.6. The van der Waals surface area contributed by atoms with Crippen LogP contribution in [0.15, 0.2) is 54.9 Å². The van der Waals surface area contributed by atoms with Crippen molar-refractivity contribution in [2.45, 2.75) is 60.3 Å². The largest absolute Gasteiger partial charge is 0.491 e. The average molecular weight is 828 g/mol. The lowest BCUT2D eigenvalue weighted by molar-refractivity contribution is 0.0991. The van der Waals surface area contributed by atoms with Gasteiger partial charge in [-0.05, 0) is 64.4 Å². The minimum absolute atomic E-state index is 0.191. The second-order valence-electron chi connectivity index (χ2n) is 14.9. The summed E-state index contributed by atoms with van der Waals surface area (Å²) >= 11 is 0. The fourth-order valence-corrected chi connectivity index (χ4v) is 7.80. The van der Waals surface area contributed by atoms with Gasteiger partial charge in [-0.25, -0.2) is 19.9 Å². The number of aromatic nitrogens is 10. The highest BCUT2D eigenvalue weighted by molar-refractivity contribution is 6.12. The quantitative estimate of drug-likeness (QED) is 0.0810. The molecule has 0 saturated carbocycles. The molecule has 6 N–H and O–H groups in total. The van der Waals surface area contributed by atoms with Gasteiger partial charge >= 0.3 is 0 Å². The summed E-state index contributed by atoms with van der Waals surface area (Å²) in [5.74, 6) is -0.370. The van der Waals surface area contributed by atoms with Gasteiger partial charge in [0.15, 0.2) is 11.5 Å². The first-order chi connectivity index (χ1) is 29.5. The number of primary amides is 2. The Morgan fingerprint density at radius 2 is 1.54 bits per heavy atom. The second-order valence-corrected chi connectivity index (χ2v) is 14.9. The smallest absolute Gasteiger partial charge is 0.276 e. The molecule has 0 spiro atoms. The zero-order chi connectivity index (χ0) is 42.8. The number of carbonyl (C=O) groups is 3. The molecule has 316 valence electrons. The molecule has 1 aliphatic heterocycles. The van der Waals surface area contributed by atoms with Gasteiger partial charge in [-0.1, -0.05) is 12.2 Å². The number of imidazole rings is 1. The van der Waals surface area contributed by atoms with Crippen molar-refractivity contribution < 1.29 is 19.1 Å². The molecular formula is C42H49N15O4. The summed E-state index contributed by atoms with van der Waals surface area (Å²) in [4.78, 5) is 59.8. The molecule has 0 aliphatic carbocycles. The van der Waals surface area contributed by atoms with Gasteiger partial charge in [0.1, 0.15) is 28.3 Å². The van der Waals surface area contributed by atoms with E-state index in [1.807, 2.05) is 55.2 Å². The van der Waals surface area contributed by atoms with E-state index in [-0.39, 0.29) is 18.1 Å². The number of rotatable bonds is 16. The summed E-state index contributed by atoms with van der Waals surface area (Å²) in [5, 5.41) is 16.8. The fraction of sp³-hybridized carbons (Fsp3) is 0.357. The third-order valence-electron chi connectivity index (χ3n) is 10.7. The van der Waals surface area contributed by atoms with Crippen LogP contribution in [0.4, 0.5) is 5.95 Å². The number of aryl methyl sites for hydroxylation is 4. The topological polar surface area (TPSA) is 237 Å². The van der Waals surface area contributed by atoms with E-state index >= 15 is 0 Å². The SMILES string of the molecule is CCn1nc(C)cc1C(=O)Nc1nc2cc(C(N)=O)cnc2n1CC=CCn1c2nc(-c3cc(C)nn3CC)ncc2c2cc(C(N)=O)cc(OCCCN3CCNCC3)c21. The molecule has 61 heavy (non-hydrogen) atoms. The van der Waals surface area contributed by atoms with Crippen molar-refractivity contribution in [1.29, 1.82) is 0 Å². The average Bonchev–Trinajstić information content (AvgIpc) is 4.01. The zero-order valence-corrected chi connectivity index (χ0v) is 34.7. The van der Waals surface area contributed by atoms with Crippen LogP contribution in [0.5, 0.6) is 5.75 Å². The molecule has 0 atom stereocenters. The summed E-state index contributed by atoms with van der Waals surface area (Å²) in [5.41, 5.74) is 16.9. The molecular weight excluding hydrogens is 779 g/mol.